The second kappa shape index (κ2) is 8.04. The molecule has 0 bridgehead atoms. The van der Waals surface area contributed by atoms with Crippen molar-refractivity contribution in [2.75, 3.05) is 39.9 Å². The number of methoxy groups -OCH3 is 1. The SMILES string of the molecule is CCCN(CC1CC1)C(CNCC)COC. The van der Waals surface area contributed by atoms with Crippen LogP contribution in [0.2, 0.25) is 0 Å². The van der Waals surface area contributed by atoms with Gasteiger partial charge in [0, 0.05) is 26.2 Å². The third kappa shape index (κ3) is 5.28. The lowest BCUT2D eigenvalue weighted by Crippen LogP contribution is -2.46. The smallest absolute Gasteiger partial charge is 0.0630 e. The highest BCUT2D eigenvalue weighted by atomic mass is 16.5. The molecular formula is C13H28N2O. The summed E-state index contributed by atoms with van der Waals surface area (Å²) >= 11 is 0. The summed E-state index contributed by atoms with van der Waals surface area (Å²) in [5.41, 5.74) is 0. The van der Waals surface area contributed by atoms with Crippen molar-refractivity contribution in [3.8, 4) is 0 Å². The van der Waals surface area contributed by atoms with E-state index in [0.717, 1.165) is 25.6 Å². The molecule has 1 atom stereocenters. The van der Waals surface area contributed by atoms with Crippen LogP contribution < -0.4 is 5.32 Å². The quantitative estimate of drug-likeness (QED) is 0.616. The molecule has 16 heavy (non-hydrogen) atoms. The minimum Gasteiger partial charge on any atom is -0.383 e. The van der Waals surface area contributed by atoms with Crippen LogP contribution in [0.3, 0.4) is 0 Å². The second-order valence-corrected chi connectivity index (χ2v) is 4.86. The van der Waals surface area contributed by atoms with E-state index >= 15 is 0 Å². The number of hydrogen-bond acceptors (Lipinski definition) is 3. The number of rotatable bonds is 10. The van der Waals surface area contributed by atoms with Crippen LogP contribution in [-0.2, 0) is 4.74 Å². The van der Waals surface area contributed by atoms with Gasteiger partial charge in [0.25, 0.3) is 0 Å². The van der Waals surface area contributed by atoms with Crippen LogP contribution in [0.25, 0.3) is 0 Å². The fourth-order valence-corrected chi connectivity index (χ4v) is 2.14. The van der Waals surface area contributed by atoms with Gasteiger partial charge in [-0.05, 0) is 38.3 Å². The molecule has 0 radical (unpaired) electrons. The lowest BCUT2D eigenvalue weighted by atomic mass is 10.2. The molecule has 1 fully saturated rings. The normalized spacial score (nSPS) is 18.0. The van der Waals surface area contributed by atoms with Gasteiger partial charge in [-0.3, -0.25) is 4.90 Å². The first-order chi connectivity index (χ1) is 7.81. The Morgan fingerprint density at radius 2 is 2.12 bits per heavy atom. The van der Waals surface area contributed by atoms with E-state index in [1.165, 1.54) is 32.4 Å². The molecule has 3 nitrogen and oxygen atoms in total. The lowest BCUT2D eigenvalue weighted by molar-refractivity contribution is 0.0860. The molecular weight excluding hydrogens is 200 g/mol. The molecule has 0 aromatic carbocycles. The Balaban J connectivity index is 2.38. The van der Waals surface area contributed by atoms with Crippen LogP contribution in [0.15, 0.2) is 0 Å². The first kappa shape index (κ1) is 13.9. The fraction of sp³-hybridized carbons (Fsp3) is 1.00. The third-order valence-corrected chi connectivity index (χ3v) is 3.21. The highest BCUT2D eigenvalue weighted by molar-refractivity contribution is 4.82. The number of nitrogens with one attached hydrogen (secondary N) is 1. The average Bonchev–Trinajstić information content (AvgIpc) is 3.07. The van der Waals surface area contributed by atoms with Crippen LogP contribution >= 0.6 is 0 Å². The standard InChI is InChI=1S/C13H28N2O/c1-4-8-15(10-12-6-7-12)13(11-16-3)9-14-5-2/h12-14H,4-11H2,1-3H3. The van der Waals surface area contributed by atoms with Crippen molar-refractivity contribution in [3.05, 3.63) is 0 Å². The Hall–Kier alpha value is -0.120. The zero-order chi connectivity index (χ0) is 11.8. The highest BCUT2D eigenvalue weighted by Gasteiger charge is 2.27. The number of nitrogens with zero attached hydrogens (tertiary/aromatic N) is 1. The van der Waals surface area contributed by atoms with Gasteiger partial charge < -0.3 is 10.1 Å². The van der Waals surface area contributed by atoms with Gasteiger partial charge >= 0.3 is 0 Å². The number of likely N-dealkylation sites (N-methyl/N-ethyl adjacent to an activating group) is 1. The molecule has 0 heterocycles. The Morgan fingerprint density at radius 1 is 1.38 bits per heavy atom. The van der Waals surface area contributed by atoms with Crippen molar-refractivity contribution in [3.63, 3.8) is 0 Å². The summed E-state index contributed by atoms with van der Waals surface area (Å²) in [5.74, 6) is 0.965. The van der Waals surface area contributed by atoms with Gasteiger partial charge in [-0.1, -0.05) is 13.8 Å². The predicted octanol–water partition coefficient (Wildman–Crippen LogP) is 1.73. The monoisotopic (exact) mass is 228 g/mol. The van der Waals surface area contributed by atoms with E-state index in [-0.39, 0.29) is 0 Å². The minimum absolute atomic E-state index is 0.547. The average molecular weight is 228 g/mol. The Morgan fingerprint density at radius 3 is 2.62 bits per heavy atom. The van der Waals surface area contributed by atoms with Crippen LogP contribution in [0.4, 0.5) is 0 Å². The third-order valence-electron chi connectivity index (χ3n) is 3.21. The van der Waals surface area contributed by atoms with Crippen molar-refractivity contribution in [2.24, 2.45) is 5.92 Å². The molecule has 3 heteroatoms. The summed E-state index contributed by atoms with van der Waals surface area (Å²) in [7, 11) is 1.81. The molecule has 1 rings (SSSR count). The summed E-state index contributed by atoms with van der Waals surface area (Å²) in [6.45, 7) is 9.84. The Labute approximate surface area is 101 Å². The zero-order valence-electron chi connectivity index (χ0n) is 11.2. The lowest BCUT2D eigenvalue weighted by Gasteiger charge is -2.31. The van der Waals surface area contributed by atoms with Crippen molar-refractivity contribution in [2.45, 2.75) is 39.2 Å². The van der Waals surface area contributed by atoms with Gasteiger partial charge in [-0.15, -0.1) is 0 Å². The van der Waals surface area contributed by atoms with Crippen molar-refractivity contribution >= 4 is 0 Å². The fourth-order valence-electron chi connectivity index (χ4n) is 2.14. The first-order valence-electron chi connectivity index (χ1n) is 6.75. The molecule has 0 aromatic rings. The first-order valence-corrected chi connectivity index (χ1v) is 6.75. The van der Waals surface area contributed by atoms with E-state index in [4.69, 9.17) is 4.74 Å². The second-order valence-electron chi connectivity index (χ2n) is 4.86. The van der Waals surface area contributed by atoms with Gasteiger partial charge in [-0.25, -0.2) is 0 Å². The van der Waals surface area contributed by atoms with Gasteiger partial charge in [0.1, 0.15) is 0 Å². The minimum atomic E-state index is 0.547. The molecule has 0 aliphatic heterocycles. The van der Waals surface area contributed by atoms with Crippen LogP contribution in [0, 0.1) is 5.92 Å². The van der Waals surface area contributed by atoms with Gasteiger partial charge in [0.05, 0.1) is 6.61 Å². The summed E-state index contributed by atoms with van der Waals surface area (Å²) in [6.07, 6.45) is 4.10. The zero-order valence-corrected chi connectivity index (χ0v) is 11.2. The molecule has 0 spiro atoms. The van der Waals surface area contributed by atoms with E-state index in [1.54, 1.807) is 7.11 Å². The highest BCUT2D eigenvalue weighted by Crippen LogP contribution is 2.30. The molecule has 1 aliphatic rings. The Kier molecular flexibility index (Phi) is 7.01. The van der Waals surface area contributed by atoms with Crippen LogP contribution in [0.1, 0.15) is 33.1 Å². The Bertz CT molecular complexity index is 171. The maximum Gasteiger partial charge on any atom is 0.0630 e. The summed E-state index contributed by atoms with van der Waals surface area (Å²) in [5, 5.41) is 3.44. The maximum absolute atomic E-state index is 5.35. The van der Waals surface area contributed by atoms with Crippen molar-refractivity contribution < 1.29 is 4.74 Å². The molecule has 96 valence electrons. The molecule has 0 saturated heterocycles. The van der Waals surface area contributed by atoms with Crippen molar-refractivity contribution in [1.29, 1.82) is 0 Å². The molecule has 1 aliphatic carbocycles. The van der Waals surface area contributed by atoms with Crippen LogP contribution in [-0.4, -0.2) is 50.8 Å². The van der Waals surface area contributed by atoms with E-state index in [2.05, 4.69) is 24.1 Å². The van der Waals surface area contributed by atoms with E-state index in [0.29, 0.717) is 6.04 Å². The van der Waals surface area contributed by atoms with E-state index in [1.807, 2.05) is 0 Å². The van der Waals surface area contributed by atoms with E-state index in [9.17, 15) is 0 Å². The summed E-state index contributed by atoms with van der Waals surface area (Å²) < 4.78 is 5.35. The molecule has 1 unspecified atom stereocenters. The number of hydrogen-bond donors (Lipinski definition) is 1. The van der Waals surface area contributed by atoms with Crippen molar-refractivity contribution in [1.82, 2.24) is 10.2 Å². The van der Waals surface area contributed by atoms with Gasteiger partial charge in [0.15, 0.2) is 0 Å². The predicted molar refractivity (Wildman–Crippen MR) is 68.8 cm³/mol. The molecule has 0 aromatic heterocycles. The topological polar surface area (TPSA) is 24.5 Å². The summed E-state index contributed by atoms with van der Waals surface area (Å²) in [4.78, 5) is 2.61. The summed E-state index contributed by atoms with van der Waals surface area (Å²) in [6, 6.07) is 0.547. The van der Waals surface area contributed by atoms with Crippen LogP contribution in [0.5, 0.6) is 0 Å². The maximum atomic E-state index is 5.35. The largest absolute Gasteiger partial charge is 0.383 e. The van der Waals surface area contributed by atoms with E-state index < -0.39 is 0 Å². The number of ether oxygens (including phenoxy) is 1. The molecule has 1 saturated carbocycles. The van der Waals surface area contributed by atoms with Gasteiger partial charge in [-0.2, -0.15) is 0 Å². The molecule has 0 amide bonds. The molecule has 1 N–H and O–H groups in total. The van der Waals surface area contributed by atoms with Gasteiger partial charge in [0.2, 0.25) is 0 Å².